The van der Waals surface area contributed by atoms with Crippen LogP contribution in [0.4, 0.5) is 0 Å². The van der Waals surface area contributed by atoms with Gasteiger partial charge >= 0.3 is 0 Å². The van der Waals surface area contributed by atoms with Crippen LogP contribution in [0, 0.1) is 11.8 Å². The van der Waals surface area contributed by atoms with Gasteiger partial charge in [0.1, 0.15) is 5.65 Å². The minimum Gasteiger partial charge on any atom is -0.316 e. The maximum Gasteiger partial charge on any atom is 0.141 e. The van der Waals surface area contributed by atoms with Crippen molar-refractivity contribution in [2.75, 3.05) is 6.54 Å². The summed E-state index contributed by atoms with van der Waals surface area (Å²) < 4.78 is 2.26. The number of pyridine rings is 1. The molecule has 0 atom stereocenters. The molecule has 0 saturated heterocycles. The first-order chi connectivity index (χ1) is 8.92. The highest BCUT2D eigenvalue weighted by molar-refractivity contribution is 5.82. The third-order valence-electron chi connectivity index (χ3n) is 3.42. The number of fused-ring (bicyclic) bond motifs is 3. The van der Waals surface area contributed by atoms with Gasteiger partial charge in [0.2, 0.25) is 0 Å². The van der Waals surface area contributed by atoms with Crippen molar-refractivity contribution in [1.82, 2.24) is 14.9 Å². The van der Waals surface area contributed by atoms with E-state index in [9.17, 15) is 0 Å². The minimum atomic E-state index is 0.748. The van der Waals surface area contributed by atoms with Crippen molar-refractivity contribution in [3.05, 3.63) is 29.6 Å². The molecule has 1 aliphatic heterocycles. The van der Waals surface area contributed by atoms with Crippen LogP contribution in [0.25, 0.3) is 11.0 Å². The van der Waals surface area contributed by atoms with Crippen molar-refractivity contribution in [1.29, 1.82) is 0 Å². The Hall–Kier alpha value is -1.79. The molecule has 0 unspecified atom stereocenters. The Kier molecular flexibility index (Phi) is 3.04. The Labute approximate surface area is 107 Å². The lowest BCUT2D eigenvalue weighted by atomic mass is 10.1. The van der Waals surface area contributed by atoms with Gasteiger partial charge in [-0.25, -0.2) is 4.98 Å². The van der Waals surface area contributed by atoms with E-state index in [0.29, 0.717) is 0 Å². The van der Waals surface area contributed by atoms with Crippen LogP contribution in [-0.4, -0.2) is 16.1 Å². The SMILES string of the molecule is CCC#CCn1c2c(c3cccnc31)CCNC2. The predicted molar refractivity (Wildman–Crippen MR) is 73.2 cm³/mol. The molecule has 3 heteroatoms. The lowest BCUT2D eigenvalue weighted by molar-refractivity contribution is 0.606. The third-order valence-corrected chi connectivity index (χ3v) is 3.42. The summed E-state index contributed by atoms with van der Waals surface area (Å²) in [7, 11) is 0. The lowest BCUT2D eigenvalue weighted by Crippen LogP contribution is -2.25. The molecule has 0 aliphatic carbocycles. The summed E-state index contributed by atoms with van der Waals surface area (Å²) in [6.07, 6.45) is 3.86. The van der Waals surface area contributed by atoms with Crippen molar-refractivity contribution in [2.24, 2.45) is 0 Å². The average molecular weight is 239 g/mol. The molecule has 92 valence electrons. The highest BCUT2D eigenvalue weighted by Crippen LogP contribution is 2.26. The van der Waals surface area contributed by atoms with Gasteiger partial charge in [-0.1, -0.05) is 12.8 Å². The number of rotatable bonds is 1. The summed E-state index contributed by atoms with van der Waals surface area (Å²) in [5.41, 5.74) is 3.90. The molecule has 0 spiro atoms. The van der Waals surface area contributed by atoms with E-state index in [0.717, 1.165) is 38.1 Å². The molecule has 2 aromatic heterocycles. The van der Waals surface area contributed by atoms with Gasteiger partial charge in [-0.2, -0.15) is 0 Å². The average Bonchev–Trinajstić information content (AvgIpc) is 2.74. The quantitative estimate of drug-likeness (QED) is 0.772. The normalized spacial score (nSPS) is 14.1. The van der Waals surface area contributed by atoms with E-state index in [2.05, 4.69) is 39.7 Å². The van der Waals surface area contributed by atoms with E-state index in [4.69, 9.17) is 0 Å². The molecule has 0 radical (unpaired) electrons. The fraction of sp³-hybridized carbons (Fsp3) is 0.400. The van der Waals surface area contributed by atoms with Gasteiger partial charge in [0.15, 0.2) is 0 Å². The van der Waals surface area contributed by atoms with Crippen molar-refractivity contribution >= 4 is 11.0 Å². The molecular weight excluding hydrogens is 222 g/mol. The molecule has 1 aliphatic rings. The van der Waals surface area contributed by atoms with Crippen LogP contribution in [-0.2, 0) is 19.5 Å². The summed E-state index contributed by atoms with van der Waals surface area (Å²) in [4.78, 5) is 4.53. The molecule has 18 heavy (non-hydrogen) atoms. The second-order valence-electron chi connectivity index (χ2n) is 4.52. The Morgan fingerprint density at radius 3 is 3.28 bits per heavy atom. The first kappa shape index (κ1) is 11.3. The van der Waals surface area contributed by atoms with Crippen LogP contribution in [0.15, 0.2) is 18.3 Å². The summed E-state index contributed by atoms with van der Waals surface area (Å²) in [5.74, 6) is 6.36. The highest BCUT2D eigenvalue weighted by atomic mass is 15.1. The van der Waals surface area contributed by atoms with E-state index >= 15 is 0 Å². The Bertz CT molecular complexity index is 628. The topological polar surface area (TPSA) is 29.9 Å². The molecule has 3 nitrogen and oxygen atoms in total. The van der Waals surface area contributed by atoms with Gasteiger partial charge in [0, 0.05) is 30.2 Å². The van der Waals surface area contributed by atoms with E-state index in [1.54, 1.807) is 0 Å². The molecule has 1 N–H and O–H groups in total. The van der Waals surface area contributed by atoms with Crippen molar-refractivity contribution in [3.8, 4) is 11.8 Å². The van der Waals surface area contributed by atoms with Crippen molar-refractivity contribution < 1.29 is 0 Å². The smallest absolute Gasteiger partial charge is 0.141 e. The standard InChI is InChI=1S/C15H17N3/c1-2-3-4-10-18-14-11-16-9-7-12(14)13-6-5-8-17-15(13)18/h5-6,8,16H,2,7,9-11H2,1H3. The second kappa shape index (κ2) is 4.83. The number of hydrogen-bond acceptors (Lipinski definition) is 2. The predicted octanol–water partition coefficient (Wildman–Crippen LogP) is 2.10. The minimum absolute atomic E-state index is 0.748. The summed E-state index contributed by atoms with van der Waals surface area (Å²) in [6.45, 7) is 4.82. The van der Waals surface area contributed by atoms with Crippen LogP contribution in [0.5, 0.6) is 0 Å². The van der Waals surface area contributed by atoms with Crippen LogP contribution in [0.3, 0.4) is 0 Å². The number of nitrogens with zero attached hydrogens (tertiary/aromatic N) is 2. The summed E-state index contributed by atoms with van der Waals surface area (Å²) >= 11 is 0. The van der Waals surface area contributed by atoms with Crippen molar-refractivity contribution in [2.45, 2.75) is 32.9 Å². The molecule has 0 bridgehead atoms. The van der Waals surface area contributed by atoms with E-state index in [1.165, 1.54) is 16.6 Å². The maximum absolute atomic E-state index is 4.53. The largest absolute Gasteiger partial charge is 0.316 e. The monoisotopic (exact) mass is 239 g/mol. The lowest BCUT2D eigenvalue weighted by Gasteiger charge is -2.15. The molecule has 0 aromatic carbocycles. The Morgan fingerprint density at radius 2 is 2.39 bits per heavy atom. The van der Waals surface area contributed by atoms with Crippen LogP contribution in [0.2, 0.25) is 0 Å². The molecule has 0 saturated carbocycles. The number of hydrogen-bond donors (Lipinski definition) is 1. The van der Waals surface area contributed by atoms with Crippen LogP contribution in [0.1, 0.15) is 24.6 Å². The number of aromatic nitrogens is 2. The molecule has 3 heterocycles. The van der Waals surface area contributed by atoms with Gasteiger partial charge in [-0.3, -0.25) is 0 Å². The molecule has 3 rings (SSSR count). The highest BCUT2D eigenvalue weighted by Gasteiger charge is 2.19. The second-order valence-corrected chi connectivity index (χ2v) is 4.52. The fourth-order valence-electron chi connectivity index (χ4n) is 2.63. The van der Waals surface area contributed by atoms with Gasteiger partial charge in [0.25, 0.3) is 0 Å². The molecule has 0 amide bonds. The van der Waals surface area contributed by atoms with Crippen LogP contribution < -0.4 is 5.32 Å². The molecular formula is C15H17N3. The zero-order valence-corrected chi connectivity index (χ0v) is 10.7. The van der Waals surface area contributed by atoms with E-state index in [1.807, 2.05) is 12.3 Å². The van der Waals surface area contributed by atoms with Gasteiger partial charge in [-0.15, -0.1) is 5.92 Å². The zero-order valence-electron chi connectivity index (χ0n) is 10.7. The van der Waals surface area contributed by atoms with Crippen molar-refractivity contribution in [3.63, 3.8) is 0 Å². The van der Waals surface area contributed by atoms with Gasteiger partial charge in [0.05, 0.1) is 6.54 Å². The number of nitrogens with one attached hydrogen (secondary N) is 1. The molecule has 2 aromatic rings. The van der Waals surface area contributed by atoms with Gasteiger partial charge in [-0.05, 0) is 30.7 Å². The Balaban J connectivity index is 2.16. The fourth-order valence-corrected chi connectivity index (χ4v) is 2.63. The van der Waals surface area contributed by atoms with Gasteiger partial charge < -0.3 is 9.88 Å². The Morgan fingerprint density at radius 1 is 1.44 bits per heavy atom. The summed E-state index contributed by atoms with van der Waals surface area (Å²) in [5, 5.41) is 4.73. The van der Waals surface area contributed by atoms with E-state index in [-0.39, 0.29) is 0 Å². The maximum atomic E-state index is 4.53. The zero-order chi connectivity index (χ0) is 12.4. The molecule has 0 fully saturated rings. The summed E-state index contributed by atoms with van der Waals surface area (Å²) in [6, 6.07) is 4.20. The first-order valence-electron chi connectivity index (χ1n) is 6.53. The van der Waals surface area contributed by atoms with Crippen LogP contribution >= 0.6 is 0 Å². The first-order valence-corrected chi connectivity index (χ1v) is 6.53. The van der Waals surface area contributed by atoms with E-state index < -0.39 is 0 Å². The third kappa shape index (κ3) is 1.79.